The van der Waals surface area contributed by atoms with Crippen molar-refractivity contribution in [3.05, 3.63) is 95.7 Å². The summed E-state index contributed by atoms with van der Waals surface area (Å²) in [4.78, 5) is 26.2. The predicted molar refractivity (Wildman–Crippen MR) is 123 cm³/mol. The average Bonchev–Trinajstić information content (AvgIpc) is 3.08. The van der Waals surface area contributed by atoms with Crippen LogP contribution in [-0.2, 0) is 17.8 Å². The number of aromatic nitrogens is 1. The third-order valence-corrected chi connectivity index (χ3v) is 5.45. The molecule has 5 heteroatoms. The molecule has 0 amide bonds. The minimum absolute atomic E-state index is 0.155. The van der Waals surface area contributed by atoms with E-state index in [2.05, 4.69) is 17.0 Å². The Balaban J connectivity index is 1.76. The quantitative estimate of drug-likeness (QED) is 0.429. The van der Waals surface area contributed by atoms with Gasteiger partial charge in [-0.1, -0.05) is 48.5 Å². The number of para-hydroxylation sites is 1. The van der Waals surface area contributed by atoms with Gasteiger partial charge in [-0.2, -0.15) is 0 Å². The Bertz CT molecular complexity index is 1240. The predicted octanol–water partition coefficient (Wildman–Crippen LogP) is 5.10. The summed E-state index contributed by atoms with van der Waals surface area (Å²) in [5.41, 5.74) is 4.92. The van der Waals surface area contributed by atoms with Crippen LogP contribution in [0.1, 0.15) is 28.5 Å². The van der Waals surface area contributed by atoms with Crippen molar-refractivity contribution in [2.75, 3.05) is 11.9 Å². The second-order valence-electron chi connectivity index (χ2n) is 7.66. The fourth-order valence-corrected chi connectivity index (χ4v) is 4.08. The number of carbonyl (C=O) groups is 2. The van der Waals surface area contributed by atoms with E-state index >= 15 is 0 Å². The van der Waals surface area contributed by atoms with Crippen LogP contribution in [0.25, 0.3) is 16.6 Å². The lowest BCUT2D eigenvalue weighted by atomic mass is 10.1. The van der Waals surface area contributed by atoms with Gasteiger partial charge in [-0.05, 0) is 35.9 Å². The van der Waals surface area contributed by atoms with Gasteiger partial charge in [0.15, 0.2) is 5.78 Å². The minimum Gasteiger partial charge on any atom is -0.481 e. The number of Topliss-reactive ketones (excluding diaryl/α,β-unsaturated/α-hetero) is 1. The van der Waals surface area contributed by atoms with Gasteiger partial charge in [0.25, 0.3) is 0 Å². The van der Waals surface area contributed by atoms with Gasteiger partial charge in [-0.15, -0.1) is 0 Å². The highest BCUT2D eigenvalue weighted by atomic mass is 16.4. The molecule has 0 saturated heterocycles. The van der Waals surface area contributed by atoms with Crippen molar-refractivity contribution < 1.29 is 14.7 Å². The number of fused-ring (bicyclic) bond motifs is 1. The molecule has 31 heavy (non-hydrogen) atoms. The van der Waals surface area contributed by atoms with E-state index in [1.165, 1.54) is 12.5 Å². The van der Waals surface area contributed by atoms with Crippen molar-refractivity contribution >= 4 is 28.3 Å². The van der Waals surface area contributed by atoms with E-state index in [0.717, 1.165) is 28.8 Å². The Kier molecular flexibility index (Phi) is 5.58. The molecule has 1 aromatic heterocycles. The monoisotopic (exact) mass is 412 g/mol. The zero-order chi connectivity index (χ0) is 22.0. The number of carbonyl (C=O) groups excluding carboxylic acids is 1. The van der Waals surface area contributed by atoms with Crippen molar-refractivity contribution in [2.45, 2.75) is 19.9 Å². The van der Waals surface area contributed by atoms with Gasteiger partial charge in [0.2, 0.25) is 0 Å². The number of ketones is 1. The first-order valence-corrected chi connectivity index (χ1v) is 10.2. The summed E-state index contributed by atoms with van der Waals surface area (Å²) in [7, 11) is 2.04. The summed E-state index contributed by atoms with van der Waals surface area (Å²) in [6, 6.07) is 25.8. The van der Waals surface area contributed by atoms with Crippen LogP contribution in [0, 0.1) is 0 Å². The molecule has 0 aliphatic rings. The maximum atomic E-state index is 12.6. The molecule has 0 aliphatic carbocycles. The molecule has 0 unspecified atom stereocenters. The van der Waals surface area contributed by atoms with Crippen LogP contribution < -0.4 is 4.90 Å². The number of carboxylic acid groups (broad SMARTS) is 1. The van der Waals surface area contributed by atoms with Crippen LogP contribution in [0.3, 0.4) is 0 Å². The number of aliphatic carboxylic acids is 1. The third-order valence-electron chi connectivity index (χ3n) is 5.45. The van der Waals surface area contributed by atoms with Crippen molar-refractivity contribution in [1.82, 2.24) is 4.57 Å². The third kappa shape index (κ3) is 4.08. The molecule has 0 saturated carbocycles. The summed E-state index contributed by atoms with van der Waals surface area (Å²) >= 11 is 0. The minimum atomic E-state index is -0.955. The number of hydrogen-bond donors (Lipinski definition) is 1. The van der Waals surface area contributed by atoms with Gasteiger partial charge in [-0.25, -0.2) is 0 Å². The van der Waals surface area contributed by atoms with Crippen molar-refractivity contribution in [3.63, 3.8) is 0 Å². The molecule has 5 nitrogen and oxygen atoms in total. The first kappa shape index (κ1) is 20.4. The van der Waals surface area contributed by atoms with Gasteiger partial charge < -0.3 is 14.6 Å². The number of nitrogens with zero attached hydrogens (tertiary/aromatic N) is 2. The second-order valence-corrected chi connectivity index (χ2v) is 7.66. The molecule has 1 heterocycles. The van der Waals surface area contributed by atoms with E-state index in [1.807, 2.05) is 78.3 Å². The lowest BCUT2D eigenvalue weighted by Gasteiger charge is -2.20. The highest BCUT2D eigenvalue weighted by molar-refractivity contribution is 6.04. The average molecular weight is 412 g/mol. The fraction of sp³-hybridized carbons (Fsp3) is 0.154. The van der Waals surface area contributed by atoms with Gasteiger partial charge >= 0.3 is 5.97 Å². The highest BCUT2D eigenvalue weighted by Crippen LogP contribution is 2.31. The number of hydrogen-bond acceptors (Lipinski definition) is 3. The molecule has 156 valence electrons. The molecule has 3 aromatic carbocycles. The lowest BCUT2D eigenvalue weighted by Crippen LogP contribution is -2.16. The summed E-state index contributed by atoms with van der Waals surface area (Å²) in [6.07, 6.45) is -0.194. The van der Waals surface area contributed by atoms with Crippen molar-refractivity contribution in [1.29, 1.82) is 0 Å². The maximum Gasteiger partial charge on any atom is 0.307 e. The maximum absolute atomic E-state index is 12.6. The number of anilines is 1. The Labute approximate surface area is 181 Å². The number of benzene rings is 3. The molecule has 1 N–H and O–H groups in total. The lowest BCUT2D eigenvalue weighted by molar-refractivity contribution is -0.136. The molecule has 0 atom stereocenters. The molecule has 4 rings (SSSR count). The fourth-order valence-electron chi connectivity index (χ4n) is 4.08. The Hall–Kier alpha value is -3.86. The van der Waals surface area contributed by atoms with E-state index in [1.54, 1.807) is 0 Å². The highest BCUT2D eigenvalue weighted by Gasteiger charge is 2.22. The van der Waals surface area contributed by atoms with E-state index in [-0.39, 0.29) is 12.2 Å². The largest absolute Gasteiger partial charge is 0.481 e. The van der Waals surface area contributed by atoms with Crippen LogP contribution in [0.15, 0.2) is 78.9 Å². The zero-order valence-corrected chi connectivity index (χ0v) is 17.6. The molecule has 0 radical (unpaired) electrons. The normalized spacial score (nSPS) is 10.9. The van der Waals surface area contributed by atoms with Gasteiger partial charge in [-0.3, -0.25) is 9.59 Å². The zero-order valence-electron chi connectivity index (χ0n) is 17.6. The van der Waals surface area contributed by atoms with Crippen LogP contribution in [0.5, 0.6) is 0 Å². The molecule has 4 aromatic rings. The summed E-state index contributed by atoms with van der Waals surface area (Å²) in [5.74, 6) is -1.11. The Morgan fingerprint density at radius 1 is 0.903 bits per heavy atom. The first-order valence-electron chi connectivity index (χ1n) is 10.2. The summed E-state index contributed by atoms with van der Waals surface area (Å²) < 4.78 is 1.87. The smallest absolute Gasteiger partial charge is 0.307 e. The number of rotatable bonds is 7. The molecule has 0 fully saturated rings. The molecular formula is C26H24N2O3. The molecule has 0 bridgehead atoms. The van der Waals surface area contributed by atoms with Crippen LogP contribution >= 0.6 is 0 Å². The van der Waals surface area contributed by atoms with Crippen LogP contribution in [0.2, 0.25) is 0 Å². The summed E-state index contributed by atoms with van der Waals surface area (Å²) in [5, 5.41) is 10.2. The first-order chi connectivity index (χ1) is 15.0. The van der Waals surface area contributed by atoms with Crippen LogP contribution in [-0.4, -0.2) is 28.5 Å². The molecule has 0 spiro atoms. The van der Waals surface area contributed by atoms with Crippen molar-refractivity contribution in [3.8, 4) is 5.69 Å². The van der Waals surface area contributed by atoms with Gasteiger partial charge in [0.1, 0.15) is 0 Å². The van der Waals surface area contributed by atoms with E-state index in [0.29, 0.717) is 11.3 Å². The van der Waals surface area contributed by atoms with Crippen LogP contribution in [0.4, 0.5) is 5.69 Å². The SMILES string of the molecule is CC(=O)c1c(CC(=O)O)c2ccccc2n1-c1ccc(N(C)Cc2ccccc2)cc1. The Morgan fingerprint density at radius 2 is 1.55 bits per heavy atom. The van der Waals surface area contributed by atoms with Gasteiger partial charge in [0.05, 0.1) is 17.6 Å². The van der Waals surface area contributed by atoms with Gasteiger partial charge in [0, 0.05) is 42.8 Å². The molecular weight excluding hydrogens is 388 g/mol. The summed E-state index contributed by atoms with van der Waals surface area (Å²) in [6.45, 7) is 2.27. The Morgan fingerprint density at radius 3 is 2.19 bits per heavy atom. The van der Waals surface area contributed by atoms with E-state index < -0.39 is 5.97 Å². The van der Waals surface area contributed by atoms with Crippen molar-refractivity contribution in [2.24, 2.45) is 0 Å². The van der Waals surface area contributed by atoms with E-state index in [9.17, 15) is 14.7 Å². The standard InChI is InChI=1S/C26H24N2O3/c1-18(29)26-23(16-25(30)31)22-10-6-7-11-24(22)28(26)21-14-12-20(13-15-21)27(2)17-19-8-4-3-5-9-19/h3-15H,16-17H2,1-2H3,(H,30,31). The number of carboxylic acids is 1. The second kappa shape index (κ2) is 8.48. The topological polar surface area (TPSA) is 62.5 Å². The van der Waals surface area contributed by atoms with E-state index in [4.69, 9.17) is 0 Å². The molecule has 0 aliphatic heterocycles.